The Hall–Kier alpha value is -0.380. The number of aliphatic hydroxyl groups is 2. The fraction of sp³-hybridized carbons (Fsp3) is 0.667. The van der Waals surface area contributed by atoms with E-state index >= 15 is 0 Å². The highest BCUT2D eigenvalue weighted by molar-refractivity contribution is 5.05. The summed E-state index contributed by atoms with van der Waals surface area (Å²) in [5.74, 6) is -0.153. The van der Waals surface area contributed by atoms with Crippen molar-refractivity contribution in [2.45, 2.75) is 18.8 Å². The molecule has 2 unspecified atom stereocenters. The van der Waals surface area contributed by atoms with E-state index in [1.165, 1.54) is 0 Å². The first-order valence-corrected chi connectivity index (χ1v) is 3.00. The Balaban J connectivity index is 2.41. The molecule has 1 rings (SSSR count). The maximum absolute atomic E-state index is 8.62. The lowest BCUT2D eigenvalue weighted by Gasteiger charge is -2.09. The molecule has 3 nitrogen and oxygen atoms in total. The van der Waals surface area contributed by atoms with Crippen LogP contribution >= 0.6 is 0 Å². The Morgan fingerprint density at radius 1 is 1.44 bits per heavy atom. The van der Waals surface area contributed by atoms with Gasteiger partial charge < -0.3 is 15.9 Å². The third kappa shape index (κ3) is 1.51. The molecule has 4 N–H and O–H groups in total. The molecule has 0 radical (unpaired) electrons. The zero-order chi connectivity index (χ0) is 6.85. The van der Waals surface area contributed by atoms with Gasteiger partial charge in [0, 0.05) is 12.0 Å². The fourth-order valence-electron chi connectivity index (χ4n) is 0.978. The Kier molecular flexibility index (Phi) is 1.85. The van der Waals surface area contributed by atoms with Gasteiger partial charge in [0.25, 0.3) is 0 Å². The SMILES string of the molecule is NC1C=CC(C(O)O)C1. The van der Waals surface area contributed by atoms with Crippen LogP contribution in [0.5, 0.6) is 0 Å². The number of aliphatic hydroxyl groups excluding tert-OH is 1. The first-order valence-electron chi connectivity index (χ1n) is 3.00. The fourth-order valence-corrected chi connectivity index (χ4v) is 0.978. The predicted octanol–water partition coefficient (Wildman–Crippen LogP) is -0.800. The first-order chi connectivity index (χ1) is 4.20. The highest BCUT2D eigenvalue weighted by Crippen LogP contribution is 2.18. The van der Waals surface area contributed by atoms with E-state index in [1.54, 1.807) is 12.2 Å². The Bertz CT molecular complexity index is 122. The van der Waals surface area contributed by atoms with Crippen molar-refractivity contribution in [3.8, 4) is 0 Å². The topological polar surface area (TPSA) is 66.5 Å². The lowest BCUT2D eigenvalue weighted by Crippen LogP contribution is -2.21. The molecule has 0 bridgehead atoms. The summed E-state index contributed by atoms with van der Waals surface area (Å²) in [6, 6.07) is 0.0109. The number of nitrogens with two attached hydrogens (primary N) is 1. The largest absolute Gasteiger partial charge is 0.368 e. The average molecular weight is 129 g/mol. The van der Waals surface area contributed by atoms with E-state index in [-0.39, 0.29) is 12.0 Å². The Labute approximate surface area is 53.8 Å². The molecule has 3 heteroatoms. The van der Waals surface area contributed by atoms with Gasteiger partial charge in [0.05, 0.1) is 0 Å². The van der Waals surface area contributed by atoms with Crippen molar-refractivity contribution in [3.05, 3.63) is 12.2 Å². The number of rotatable bonds is 1. The van der Waals surface area contributed by atoms with Crippen molar-refractivity contribution in [1.29, 1.82) is 0 Å². The van der Waals surface area contributed by atoms with Crippen LogP contribution in [0.4, 0.5) is 0 Å². The highest BCUT2D eigenvalue weighted by atomic mass is 16.5. The van der Waals surface area contributed by atoms with E-state index in [2.05, 4.69) is 0 Å². The van der Waals surface area contributed by atoms with Crippen molar-refractivity contribution < 1.29 is 10.2 Å². The summed E-state index contributed by atoms with van der Waals surface area (Å²) in [6.07, 6.45) is 2.95. The minimum atomic E-state index is -1.24. The molecule has 0 fully saturated rings. The number of hydrogen-bond donors (Lipinski definition) is 3. The maximum Gasteiger partial charge on any atom is 0.157 e. The van der Waals surface area contributed by atoms with Crippen LogP contribution in [0.25, 0.3) is 0 Å². The van der Waals surface area contributed by atoms with Crippen LogP contribution in [0.15, 0.2) is 12.2 Å². The second-order valence-electron chi connectivity index (χ2n) is 2.36. The zero-order valence-electron chi connectivity index (χ0n) is 5.07. The molecule has 0 aromatic heterocycles. The van der Waals surface area contributed by atoms with Gasteiger partial charge in [-0.2, -0.15) is 0 Å². The summed E-state index contributed by atoms with van der Waals surface area (Å²) in [6.45, 7) is 0. The lowest BCUT2D eigenvalue weighted by molar-refractivity contribution is -0.0702. The van der Waals surface area contributed by atoms with E-state index in [1.807, 2.05) is 0 Å². The molecule has 0 saturated heterocycles. The van der Waals surface area contributed by atoms with Gasteiger partial charge in [-0.25, -0.2) is 0 Å². The van der Waals surface area contributed by atoms with Crippen LogP contribution in [0.2, 0.25) is 0 Å². The summed E-state index contributed by atoms with van der Waals surface area (Å²) in [5.41, 5.74) is 5.45. The molecule has 0 heterocycles. The molecular formula is C6H11NO2. The molecule has 0 aromatic rings. The van der Waals surface area contributed by atoms with E-state index in [4.69, 9.17) is 15.9 Å². The minimum Gasteiger partial charge on any atom is -0.368 e. The van der Waals surface area contributed by atoms with E-state index in [0.29, 0.717) is 6.42 Å². The third-order valence-electron chi connectivity index (χ3n) is 1.53. The van der Waals surface area contributed by atoms with Crippen LogP contribution in [-0.4, -0.2) is 22.5 Å². The van der Waals surface area contributed by atoms with Crippen LogP contribution in [0, 0.1) is 5.92 Å². The molecular weight excluding hydrogens is 118 g/mol. The van der Waals surface area contributed by atoms with Gasteiger partial charge in [0.15, 0.2) is 6.29 Å². The molecule has 52 valence electrons. The van der Waals surface area contributed by atoms with Gasteiger partial charge >= 0.3 is 0 Å². The molecule has 1 aliphatic carbocycles. The van der Waals surface area contributed by atoms with Crippen LogP contribution in [0.1, 0.15) is 6.42 Å². The van der Waals surface area contributed by atoms with Gasteiger partial charge in [0.1, 0.15) is 0 Å². The van der Waals surface area contributed by atoms with Crippen molar-refractivity contribution in [3.63, 3.8) is 0 Å². The van der Waals surface area contributed by atoms with Crippen LogP contribution in [-0.2, 0) is 0 Å². The smallest absolute Gasteiger partial charge is 0.157 e. The maximum atomic E-state index is 8.62. The summed E-state index contributed by atoms with van der Waals surface area (Å²) in [7, 11) is 0. The van der Waals surface area contributed by atoms with Crippen molar-refractivity contribution >= 4 is 0 Å². The van der Waals surface area contributed by atoms with Gasteiger partial charge in [0.2, 0.25) is 0 Å². The standard InChI is InChI=1S/C6H11NO2/c7-5-2-1-4(3-5)6(8)9/h1-2,4-6,8-9H,3,7H2. The molecule has 0 saturated carbocycles. The summed E-state index contributed by atoms with van der Waals surface area (Å²) in [4.78, 5) is 0. The Morgan fingerprint density at radius 3 is 2.33 bits per heavy atom. The summed E-state index contributed by atoms with van der Waals surface area (Å²) >= 11 is 0. The summed E-state index contributed by atoms with van der Waals surface area (Å²) in [5, 5.41) is 17.2. The van der Waals surface area contributed by atoms with Crippen LogP contribution in [0.3, 0.4) is 0 Å². The molecule has 0 spiro atoms. The van der Waals surface area contributed by atoms with E-state index in [0.717, 1.165) is 0 Å². The molecule has 0 aliphatic heterocycles. The van der Waals surface area contributed by atoms with Gasteiger partial charge in [-0.05, 0) is 6.42 Å². The molecule has 0 amide bonds. The van der Waals surface area contributed by atoms with Crippen molar-refractivity contribution in [2.75, 3.05) is 0 Å². The molecule has 0 aromatic carbocycles. The van der Waals surface area contributed by atoms with Crippen molar-refractivity contribution in [1.82, 2.24) is 0 Å². The normalized spacial score (nSPS) is 34.2. The van der Waals surface area contributed by atoms with E-state index in [9.17, 15) is 0 Å². The number of hydrogen-bond acceptors (Lipinski definition) is 3. The van der Waals surface area contributed by atoms with Crippen LogP contribution < -0.4 is 5.73 Å². The zero-order valence-corrected chi connectivity index (χ0v) is 5.07. The third-order valence-corrected chi connectivity index (χ3v) is 1.53. The van der Waals surface area contributed by atoms with Crippen molar-refractivity contribution in [2.24, 2.45) is 11.7 Å². The lowest BCUT2D eigenvalue weighted by atomic mass is 10.1. The summed E-state index contributed by atoms with van der Waals surface area (Å²) < 4.78 is 0. The first kappa shape index (κ1) is 6.74. The average Bonchev–Trinajstić information content (AvgIpc) is 2.14. The molecule has 1 aliphatic rings. The predicted molar refractivity (Wildman–Crippen MR) is 33.4 cm³/mol. The van der Waals surface area contributed by atoms with Gasteiger partial charge in [-0.1, -0.05) is 12.2 Å². The van der Waals surface area contributed by atoms with E-state index < -0.39 is 6.29 Å². The van der Waals surface area contributed by atoms with Gasteiger partial charge in [-0.3, -0.25) is 0 Å². The second-order valence-corrected chi connectivity index (χ2v) is 2.36. The molecule has 9 heavy (non-hydrogen) atoms. The quantitative estimate of drug-likeness (QED) is 0.321. The minimum absolute atomic E-state index is 0.0109. The second kappa shape index (κ2) is 2.47. The monoisotopic (exact) mass is 129 g/mol. The van der Waals surface area contributed by atoms with Gasteiger partial charge in [-0.15, -0.1) is 0 Å². The molecule has 2 atom stereocenters. The Morgan fingerprint density at radius 2 is 2.11 bits per heavy atom. The highest BCUT2D eigenvalue weighted by Gasteiger charge is 2.20.